The van der Waals surface area contributed by atoms with Gasteiger partial charge in [-0.3, -0.25) is 0 Å². The first-order chi connectivity index (χ1) is 10.9. The fourth-order valence-electron chi connectivity index (χ4n) is 2.53. The largest absolute Gasteiger partial charge is 0.235 e. The van der Waals surface area contributed by atoms with Crippen LogP contribution in [0.25, 0.3) is 22.8 Å². The van der Waals surface area contributed by atoms with Crippen LogP contribution >= 0.6 is 0 Å². The number of nitrogens with zero attached hydrogens (tertiary/aromatic N) is 4. The fourth-order valence-corrected chi connectivity index (χ4v) is 2.53. The van der Waals surface area contributed by atoms with Gasteiger partial charge in [-0.05, 0) is 0 Å². The van der Waals surface area contributed by atoms with Gasteiger partial charge in [0.15, 0.2) is 11.6 Å². The van der Waals surface area contributed by atoms with Crippen LogP contribution in [-0.2, 0) is 0 Å². The summed E-state index contributed by atoms with van der Waals surface area (Å²) in [5.41, 5.74) is 2.14. The van der Waals surface area contributed by atoms with Crippen LogP contribution < -0.4 is 0 Å². The smallest absolute Gasteiger partial charge is 0.159 e. The summed E-state index contributed by atoms with van der Waals surface area (Å²) in [5.74, 6) is 1.77. The molecule has 0 saturated carbocycles. The van der Waals surface area contributed by atoms with Gasteiger partial charge in [0, 0.05) is 35.9 Å². The van der Waals surface area contributed by atoms with Gasteiger partial charge in [0.25, 0.3) is 0 Å². The molecule has 0 radical (unpaired) electrons. The Balaban J connectivity index is 1.86. The molecule has 2 aromatic carbocycles. The molecule has 106 valence electrons. The molecule has 4 heteroatoms. The Labute approximate surface area is 128 Å². The first kappa shape index (κ1) is 12.6. The van der Waals surface area contributed by atoms with E-state index in [1.54, 1.807) is 12.4 Å². The second-order valence-corrected chi connectivity index (χ2v) is 4.92. The number of hydrogen-bond acceptors (Lipinski definition) is 2. The van der Waals surface area contributed by atoms with Crippen molar-refractivity contribution in [2.24, 2.45) is 0 Å². The summed E-state index contributed by atoms with van der Waals surface area (Å²) >= 11 is 0. The maximum absolute atomic E-state index is 4.49. The van der Waals surface area contributed by atoms with Crippen LogP contribution in [0.5, 0.6) is 0 Å². The Hall–Kier alpha value is -3.14. The minimum Gasteiger partial charge on any atom is -0.235 e. The third kappa shape index (κ3) is 2.11. The van der Waals surface area contributed by atoms with Gasteiger partial charge in [0.1, 0.15) is 0 Å². The van der Waals surface area contributed by atoms with Gasteiger partial charge >= 0.3 is 0 Å². The van der Waals surface area contributed by atoms with Crippen molar-refractivity contribution in [1.82, 2.24) is 19.3 Å². The van der Waals surface area contributed by atoms with Gasteiger partial charge in [-0.15, -0.1) is 0 Å². The molecule has 0 bridgehead atoms. The van der Waals surface area contributed by atoms with Crippen molar-refractivity contribution in [3.05, 3.63) is 85.5 Å². The van der Waals surface area contributed by atoms with Crippen molar-refractivity contribution in [3.63, 3.8) is 0 Å². The van der Waals surface area contributed by atoms with Gasteiger partial charge < -0.3 is 0 Å². The lowest BCUT2D eigenvalue weighted by molar-refractivity contribution is 0.673. The molecular weight excluding hydrogens is 272 g/mol. The Kier molecular flexibility index (Phi) is 3.05. The molecule has 0 aliphatic carbocycles. The zero-order valence-corrected chi connectivity index (χ0v) is 11.9. The van der Waals surface area contributed by atoms with Gasteiger partial charge in [-0.1, -0.05) is 60.7 Å². The number of imidazole rings is 2. The fraction of sp³-hybridized carbons (Fsp3) is 0. The molecule has 0 amide bonds. The molecule has 22 heavy (non-hydrogen) atoms. The van der Waals surface area contributed by atoms with Crippen LogP contribution in [0.3, 0.4) is 0 Å². The first-order valence-corrected chi connectivity index (χ1v) is 7.12. The molecular formula is C18H14N4. The van der Waals surface area contributed by atoms with E-state index in [0.29, 0.717) is 0 Å². The number of benzene rings is 2. The number of rotatable bonds is 3. The van der Waals surface area contributed by atoms with Crippen molar-refractivity contribution >= 4 is 0 Å². The minimum atomic E-state index is 0.885. The summed E-state index contributed by atoms with van der Waals surface area (Å²) < 4.78 is 4.01. The monoisotopic (exact) mass is 286 g/mol. The van der Waals surface area contributed by atoms with Crippen molar-refractivity contribution in [2.75, 3.05) is 0 Å². The molecule has 4 rings (SSSR count). The number of hydrogen-bond donors (Lipinski definition) is 0. The summed E-state index contributed by atoms with van der Waals surface area (Å²) in [6, 6.07) is 20.3. The van der Waals surface area contributed by atoms with Crippen LogP contribution in [0.4, 0.5) is 0 Å². The van der Waals surface area contributed by atoms with E-state index >= 15 is 0 Å². The highest BCUT2D eigenvalue weighted by molar-refractivity contribution is 5.58. The Morgan fingerprint density at radius 1 is 0.545 bits per heavy atom. The summed E-state index contributed by atoms with van der Waals surface area (Å²) in [6.07, 6.45) is 7.49. The molecule has 0 N–H and O–H groups in total. The van der Waals surface area contributed by atoms with Crippen molar-refractivity contribution in [2.45, 2.75) is 0 Å². The molecule has 4 nitrogen and oxygen atoms in total. The molecule has 0 saturated heterocycles. The number of aromatic nitrogens is 4. The van der Waals surface area contributed by atoms with Crippen LogP contribution in [0, 0.1) is 0 Å². The van der Waals surface area contributed by atoms with Crippen LogP contribution in [0.1, 0.15) is 0 Å². The molecule has 0 fully saturated rings. The average Bonchev–Trinajstić information content (AvgIpc) is 3.25. The molecule has 0 atom stereocenters. The molecule has 2 aromatic heterocycles. The highest BCUT2D eigenvalue weighted by Gasteiger charge is 2.11. The summed E-state index contributed by atoms with van der Waals surface area (Å²) in [5, 5.41) is 0. The molecule has 0 unspecified atom stereocenters. The first-order valence-electron chi connectivity index (χ1n) is 7.12. The molecule has 2 heterocycles. The summed E-state index contributed by atoms with van der Waals surface area (Å²) in [4.78, 5) is 8.98. The topological polar surface area (TPSA) is 35.6 Å². The van der Waals surface area contributed by atoms with Gasteiger partial charge in [0.2, 0.25) is 0 Å². The maximum atomic E-state index is 4.49. The van der Waals surface area contributed by atoms with Crippen LogP contribution in [0.2, 0.25) is 0 Å². The van der Waals surface area contributed by atoms with E-state index in [1.807, 2.05) is 58.1 Å². The highest BCUT2D eigenvalue weighted by Crippen LogP contribution is 2.21. The van der Waals surface area contributed by atoms with Gasteiger partial charge in [-0.2, -0.15) is 0 Å². The van der Waals surface area contributed by atoms with Crippen molar-refractivity contribution in [3.8, 4) is 22.8 Å². The van der Waals surface area contributed by atoms with Crippen LogP contribution in [0.15, 0.2) is 85.5 Å². The van der Waals surface area contributed by atoms with Crippen molar-refractivity contribution in [1.29, 1.82) is 0 Å². The van der Waals surface area contributed by atoms with Gasteiger partial charge in [-0.25, -0.2) is 19.3 Å². The van der Waals surface area contributed by atoms with Crippen molar-refractivity contribution < 1.29 is 0 Å². The summed E-state index contributed by atoms with van der Waals surface area (Å²) in [7, 11) is 0. The van der Waals surface area contributed by atoms with E-state index in [-0.39, 0.29) is 0 Å². The normalized spacial score (nSPS) is 10.7. The van der Waals surface area contributed by atoms with E-state index in [9.17, 15) is 0 Å². The second-order valence-electron chi connectivity index (χ2n) is 4.92. The predicted octanol–water partition coefficient (Wildman–Crippen LogP) is 3.73. The lowest BCUT2D eigenvalue weighted by atomic mass is 10.2. The Morgan fingerprint density at radius 3 is 1.36 bits per heavy atom. The van der Waals surface area contributed by atoms with Gasteiger partial charge in [0.05, 0.1) is 0 Å². The zero-order valence-electron chi connectivity index (χ0n) is 11.9. The molecule has 0 spiro atoms. The molecule has 0 aliphatic rings. The van der Waals surface area contributed by atoms with E-state index < -0.39 is 0 Å². The highest BCUT2D eigenvalue weighted by atomic mass is 15.5. The molecule has 0 aliphatic heterocycles. The standard InChI is InChI=1S/C18H14N4/c1-3-7-15(8-4-1)17-19-11-13-21(17)22-14-12-20-18(22)16-9-5-2-6-10-16/h1-14H. The Bertz CT molecular complexity index is 800. The molecule has 4 aromatic rings. The average molecular weight is 286 g/mol. The minimum absolute atomic E-state index is 0.885. The zero-order chi connectivity index (χ0) is 14.8. The quantitative estimate of drug-likeness (QED) is 0.575. The summed E-state index contributed by atoms with van der Waals surface area (Å²) in [6.45, 7) is 0. The SMILES string of the molecule is c1ccc(-c2nccn2-n2ccnc2-c2ccccc2)cc1. The predicted molar refractivity (Wildman–Crippen MR) is 86.1 cm³/mol. The third-order valence-corrected chi connectivity index (χ3v) is 3.54. The third-order valence-electron chi connectivity index (χ3n) is 3.54. The lowest BCUT2D eigenvalue weighted by Crippen LogP contribution is -2.10. The lowest BCUT2D eigenvalue weighted by Gasteiger charge is -2.12. The van der Waals surface area contributed by atoms with Crippen LogP contribution in [-0.4, -0.2) is 19.3 Å². The van der Waals surface area contributed by atoms with E-state index in [1.165, 1.54) is 0 Å². The maximum Gasteiger partial charge on any atom is 0.159 e. The van der Waals surface area contributed by atoms with E-state index in [4.69, 9.17) is 0 Å². The van der Waals surface area contributed by atoms with E-state index in [2.05, 4.69) is 34.2 Å². The Morgan fingerprint density at radius 2 is 0.955 bits per heavy atom. The van der Waals surface area contributed by atoms with E-state index in [0.717, 1.165) is 22.8 Å². The second kappa shape index (κ2) is 5.33.